The number of nitrogens with zero attached hydrogens (tertiary/aromatic N) is 5. The molecule has 3 aliphatic rings. The number of nitrogens with one attached hydrogen (secondary N) is 2. The fourth-order valence-corrected chi connectivity index (χ4v) is 9.73. The molecule has 0 radical (unpaired) electrons. The van der Waals surface area contributed by atoms with Crippen LogP contribution in [0.15, 0.2) is 48.8 Å². The van der Waals surface area contributed by atoms with E-state index in [1.807, 2.05) is 65.0 Å². The average molecular weight is 820 g/mol. The summed E-state index contributed by atoms with van der Waals surface area (Å²) in [6, 6.07) is 8.26. The minimum atomic E-state index is -1.12. The molecule has 15 nitrogen and oxygen atoms in total. The Morgan fingerprint density at radius 3 is 2.25 bits per heavy atom. The zero-order chi connectivity index (χ0) is 43.0. The Kier molecular flexibility index (Phi) is 15.8. The topological polar surface area (TPSA) is 184 Å². The van der Waals surface area contributed by atoms with Gasteiger partial charge in [0, 0.05) is 46.2 Å². The monoisotopic (exact) mass is 819 g/mol. The molecule has 3 N–H and O–H groups in total. The molecule has 2 unspecified atom stereocenters. The zero-order valence-corrected chi connectivity index (χ0v) is 36.0. The highest BCUT2D eigenvalue weighted by Gasteiger charge is 2.52. The molecule has 2 bridgehead atoms. The van der Waals surface area contributed by atoms with Crippen LogP contribution in [-0.2, 0) is 35.1 Å². The number of carbonyl (C=O) groups is 5. The summed E-state index contributed by atoms with van der Waals surface area (Å²) in [5.41, 5.74) is 1.02. The molecule has 1 aromatic carbocycles. The van der Waals surface area contributed by atoms with Crippen LogP contribution in [0.25, 0.3) is 0 Å². The number of piperidine rings is 1. The van der Waals surface area contributed by atoms with E-state index in [0.29, 0.717) is 38.1 Å². The second-order valence-corrected chi connectivity index (χ2v) is 17.0. The van der Waals surface area contributed by atoms with Gasteiger partial charge in [-0.2, -0.15) is 0 Å². The van der Waals surface area contributed by atoms with Crippen molar-refractivity contribution < 1.29 is 38.6 Å². The van der Waals surface area contributed by atoms with E-state index in [1.165, 1.54) is 12.0 Å². The third-order valence-corrected chi connectivity index (χ3v) is 13.1. The number of carboxylic acid groups (broad SMARTS) is 1. The molecular formula is C44H65N7O8. The quantitative estimate of drug-likeness (QED) is 0.183. The van der Waals surface area contributed by atoms with E-state index in [9.17, 15) is 29.1 Å². The van der Waals surface area contributed by atoms with E-state index in [-0.39, 0.29) is 54.0 Å². The summed E-state index contributed by atoms with van der Waals surface area (Å²) in [5.74, 6) is -1.76. The van der Waals surface area contributed by atoms with Crippen molar-refractivity contribution in [1.29, 1.82) is 0 Å². The van der Waals surface area contributed by atoms with Gasteiger partial charge in [-0.05, 0) is 67.9 Å². The summed E-state index contributed by atoms with van der Waals surface area (Å²) in [7, 11) is 4.79. The number of benzene rings is 1. The molecule has 1 aromatic heterocycles. The third kappa shape index (κ3) is 10.4. The number of likely N-dealkylation sites (tertiary alicyclic amines) is 2. The molecule has 5 amide bonds. The van der Waals surface area contributed by atoms with Crippen LogP contribution >= 0.6 is 0 Å². The molecular weight excluding hydrogens is 755 g/mol. The van der Waals surface area contributed by atoms with Crippen LogP contribution in [0.5, 0.6) is 0 Å². The highest BCUT2D eigenvalue weighted by Crippen LogP contribution is 2.42. The Morgan fingerprint density at radius 2 is 1.64 bits per heavy atom. The lowest BCUT2D eigenvalue weighted by Gasteiger charge is -2.41. The maximum Gasteiger partial charge on any atom is 0.408 e. The van der Waals surface area contributed by atoms with Crippen LogP contribution < -0.4 is 10.6 Å². The van der Waals surface area contributed by atoms with E-state index >= 15 is 0 Å². The summed E-state index contributed by atoms with van der Waals surface area (Å²) >= 11 is 0. The molecule has 2 saturated heterocycles. The van der Waals surface area contributed by atoms with Crippen LogP contribution in [0.1, 0.15) is 97.0 Å². The summed E-state index contributed by atoms with van der Waals surface area (Å²) in [6.45, 7) is 10.0. The molecule has 5 rings (SSSR count). The van der Waals surface area contributed by atoms with Crippen molar-refractivity contribution in [3.05, 3.63) is 60.2 Å². The Hall–Kier alpha value is -4.63. The van der Waals surface area contributed by atoms with E-state index in [4.69, 9.17) is 9.47 Å². The average Bonchev–Trinajstić information content (AvgIpc) is 4.00. The summed E-state index contributed by atoms with van der Waals surface area (Å²) in [4.78, 5) is 82.1. The number of methoxy groups -OCH3 is 2. The van der Waals surface area contributed by atoms with Crippen LogP contribution in [0, 0.1) is 23.7 Å². The molecule has 1 aliphatic carbocycles. The van der Waals surface area contributed by atoms with Gasteiger partial charge in [-0.3, -0.25) is 24.1 Å². The van der Waals surface area contributed by atoms with Crippen molar-refractivity contribution in [2.75, 3.05) is 27.8 Å². The fraction of sp³-hybridized carbons (Fsp3) is 0.659. The highest BCUT2D eigenvalue weighted by molar-refractivity contribution is 5.92. The minimum Gasteiger partial charge on any atom is -0.465 e. The Bertz CT molecular complexity index is 1730. The van der Waals surface area contributed by atoms with E-state index in [0.717, 1.165) is 24.8 Å². The third-order valence-electron chi connectivity index (χ3n) is 13.1. The van der Waals surface area contributed by atoms with Crippen LogP contribution in [0.2, 0.25) is 0 Å². The molecule has 3 heterocycles. The van der Waals surface area contributed by atoms with Gasteiger partial charge in [0.15, 0.2) is 5.82 Å². The van der Waals surface area contributed by atoms with Crippen molar-refractivity contribution in [3.8, 4) is 0 Å². The maximum absolute atomic E-state index is 14.4. The van der Waals surface area contributed by atoms with Crippen molar-refractivity contribution in [2.24, 2.45) is 23.7 Å². The molecule has 11 atom stereocenters. The molecule has 2 aromatic rings. The van der Waals surface area contributed by atoms with Gasteiger partial charge >= 0.3 is 6.09 Å². The van der Waals surface area contributed by atoms with Gasteiger partial charge in [-0.15, -0.1) is 0 Å². The van der Waals surface area contributed by atoms with Crippen molar-refractivity contribution in [3.63, 3.8) is 0 Å². The van der Waals surface area contributed by atoms with Gasteiger partial charge < -0.3 is 35.0 Å². The van der Waals surface area contributed by atoms with Crippen LogP contribution in [0.4, 0.5) is 4.79 Å². The minimum absolute atomic E-state index is 0.0153. The predicted molar refractivity (Wildman–Crippen MR) is 221 cm³/mol. The number of likely N-dealkylation sites (N-methyl/N-ethyl adjacent to an activating group) is 1. The second-order valence-electron chi connectivity index (χ2n) is 17.0. The first-order valence-corrected chi connectivity index (χ1v) is 21.3. The largest absolute Gasteiger partial charge is 0.465 e. The zero-order valence-electron chi connectivity index (χ0n) is 36.0. The van der Waals surface area contributed by atoms with Crippen LogP contribution in [0.3, 0.4) is 0 Å². The van der Waals surface area contributed by atoms with Crippen molar-refractivity contribution in [1.82, 2.24) is 35.3 Å². The maximum atomic E-state index is 14.4. The Balaban J connectivity index is 1.28. The predicted octanol–water partition coefficient (Wildman–Crippen LogP) is 4.47. The molecule has 0 spiro atoms. The standard InChI is InChI=1S/C44H65N7O8/c1-9-27(4)37(49(6)43(55)36(26(2)3)48-42(54)38-30-18-19-31(24-30)51(38)44(56)57)34(58-7)25-35(52)50-22-13-17-33(50)39(59-8)28(5)41(53)47-32(40-45-20-14-21-46-40)23-29-15-11-10-12-16-29/h10-12,14-16,20-21,26-28,30-34,36-39H,9,13,17-19,22-25H2,1-8H3,(H,47,53)(H,48,54)(H,56,57)/t27-,28+,30-,31+,32+,33?,34+,36?,37-,38-,39+/m0/s1. The van der Waals surface area contributed by atoms with Crippen molar-refractivity contribution >= 4 is 29.7 Å². The number of amides is 5. The van der Waals surface area contributed by atoms with Gasteiger partial charge in [-0.1, -0.05) is 71.4 Å². The van der Waals surface area contributed by atoms with Gasteiger partial charge in [0.1, 0.15) is 12.1 Å². The van der Waals surface area contributed by atoms with Gasteiger partial charge in [-0.25, -0.2) is 14.8 Å². The van der Waals surface area contributed by atoms with Gasteiger partial charge in [0.05, 0.1) is 42.7 Å². The summed E-state index contributed by atoms with van der Waals surface area (Å²) < 4.78 is 12.1. The first-order valence-electron chi connectivity index (χ1n) is 21.3. The molecule has 1 saturated carbocycles. The number of aromatic nitrogens is 2. The lowest BCUT2D eigenvalue weighted by molar-refractivity contribution is -0.148. The number of hydrogen-bond donors (Lipinski definition) is 3. The van der Waals surface area contributed by atoms with Crippen LogP contribution in [-0.4, -0.2) is 130 Å². The highest BCUT2D eigenvalue weighted by atomic mass is 16.5. The first kappa shape index (κ1) is 45.5. The number of ether oxygens (including phenoxy) is 2. The molecule has 59 heavy (non-hydrogen) atoms. The van der Waals surface area contributed by atoms with E-state index in [2.05, 4.69) is 20.6 Å². The van der Waals surface area contributed by atoms with Gasteiger partial charge in [0.25, 0.3) is 0 Å². The number of fused-ring (bicyclic) bond motifs is 2. The van der Waals surface area contributed by atoms with E-state index in [1.54, 1.807) is 42.4 Å². The summed E-state index contributed by atoms with van der Waals surface area (Å²) in [6.07, 6.45) is 5.63. The van der Waals surface area contributed by atoms with E-state index < -0.39 is 54.3 Å². The first-order chi connectivity index (χ1) is 28.2. The van der Waals surface area contributed by atoms with Gasteiger partial charge in [0.2, 0.25) is 23.6 Å². The number of carbonyl (C=O) groups excluding carboxylic acids is 4. The molecule has 15 heteroatoms. The Morgan fingerprint density at radius 1 is 0.949 bits per heavy atom. The Labute approximate surface area is 349 Å². The smallest absolute Gasteiger partial charge is 0.408 e. The second kappa shape index (κ2) is 20.6. The number of hydrogen-bond acceptors (Lipinski definition) is 9. The number of rotatable bonds is 19. The lowest BCUT2D eigenvalue weighted by atomic mass is 9.89. The summed E-state index contributed by atoms with van der Waals surface area (Å²) in [5, 5.41) is 16.0. The fourth-order valence-electron chi connectivity index (χ4n) is 9.73. The SMILES string of the molecule is CC[C@H](C)[C@@H]([C@@H](CC(=O)N1CCCC1[C@H](OC)[C@@H](C)C(=O)N[C@H](Cc1ccccc1)c1ncccn1)OC)N(C)C(=O)C(NC(=O)[C@@H]1[C@H]2CC[C@H](C2)N1C(=O)O)C(C)C. The molecule has 324 valence electrons. The normalized spacial score (nSPS) is 23.5. The molecule has 3 fully saturated rings. The lowest BCUT2D eigenvalue weighted by Crippen LogP contribution is -2.60. The van der Waals surface area contributed by atoms with Crippen molar-refractivity contribution in [2.45, 2.75) is 134 Å². The molecule has 2 aliphatic heterocycles.